The highest BCUT2D eigenvalue weighted by Gasteiger charge is 2.15. The minimum Gasteiger partial charge on any atom is -0.316 e. The standard InChI is InChI=1S/2C11H14ClN.C5H6O5/c2*1-8-7-13-5-4-9-2-3-10(12)6-11(8)9;6-4-2-1-3-5(7)9-10-8-4/h2*2-3,6,8,13H,4-5,7H2,1H3;1-3H2/t2*8-;/m00./s1. The summed E-state index contributed by atoms with van der Waals surface area (Å²) in [5.74, 6) is 0.118. The maximum Gasteiger partial charge on any atom is 0.346 e. The van der Waals surface area contributed by atoms with E-state index in [4.69, 9.17) is 23.2 Å². The first kappa shape index (κ1) is 28.4. The smallest absolute Gasteiger partial charge is 0.316 e. The third kappa shape index (κ3) is 9.05. The van der Waals surface area contributed by atoms with E-state index < -0.39 is 11.9 Å². The first-order valence-electron chi connectivity index (χ1n) is 12.4. The van der Waals surface area contributed by atoms with Gasteiger partial charge in [0.05, 0.1) is 0 Å². The van der Waals surface area contributed by atoms with E-state index in [1.807, 2.05) is 12.1 Å². The lowest BCUT2D eigenvalue weighted by molar-refractivity contribution is -0.461. The molecule has 9 heteroatoms. The molecule has 0 spiro atoms. The number of hydrogen-bond acceptors (Lipinski definition) is 7. The molecule has 196 valence electrons. The molecular formula is C27H34Cl2N2O5. The van der Waals surface area contributed by atoms with Gasteiger partial charge in [0, 0.05) is 41.0 Å². The van der Waals surface area contributed by atoms with E-state index in [2.05, 4.69) is 63.6 Å². The van der Waals surface area contributed by atoms with Gasteiger partial charge in [-0.05, 0) is 90.7 Å². The van der Waals surface area contributed by atoms with Gasteiger partial charge in [0.1, 0.15) is 0 Å². The SMILES string of the molecule is C[C@H]1CNCCc2ccc(Cl)cc21.C[C@H]1CNCCc2ccc(Cl)cc21.O=C1CCCC(=O)OOO1. The molecule has 7 nitrogen and oxygen atoms in total. The van der Waals surface area contributed by atoms with Crippen molar-refractivity contribution in [3.05, 3.63) is 68.7 Å². The summed E-state index contributed by atoms with van der Waals surface area (Å²) < 4.78 is 0. The van der Waals surface area contributed by atoms with Crippen LogP contribution in [0.4, 0.5) is 0 Å². The number of halogens is 2. The van der Waals surface area contributed by atoms with Crippen molar-refractivity contribution >= 4 is 35.1 Å². The third-order valence-corrected chi connectivity index (χ3v) is 6.81. The van der Waals surface area contributed by atoms with Crippen LogP contribution in [0.3, 0.4) is 0 Å². The molecule has 0 amide bonds. The minimum absolute atomic E-state index is 0.190. The highest BCUT2D eigenvalue weighted by molar-refractivity contribution is 6.31. The summed E-state index contributed by atoms with van der Waals surface area (Å²) in [4.78, 5) is 28.8. The van der Waals surface area contributed by atoms with Crippen LogP contribution in [0.15, 0.2) is 36.4 Å². The summed E-state index contributed by atoms with van der Waals surface area (Å²) in [6.45, 7) is 8.78. The van der Waals surface area contributed by atoms with Crippen molar-refractivity contribution < 1.29 is 24.4 Å². The molecule has 2 aromatic carbocycles. The van der Waals surface area contributed by atoms with Crippen LogP contribution in [-0.4, -0.2) is 38.1 Å². The van der Waals surface area contributed by atoms with Gasteiger partial charge in [0.25, 0.3) is 0 Å². The van der Waals surface area contributed by atoms with E-state index in [0.717, 1.165) is 49.1 Å². The monoisotopic (exact) mass is 536 g/mol. The van der Waals surface area contributed by atoms with Crippen LogP contribution < -0.4 is 10.6 Å². The van der Waals surface area contributed by atoms with Crippen LogP contribution in [0, 0.1) is 0 Å². The Morgan fingerprint density at radius 3 is 1.61 bits per heavy atom. The second-order valence-corrected chi connectivity index (χ2v) is 10.1. The molecule has 3 heterocycles. The first-order valence-corrected chi connectivity index (χ1v) is 13.1. The molecule has 1 fully saturated rings. The van der Waals surface area contributed by atoms with E-state index >= 15 is 0 Å². The topological polar surface area (TPSA) is 85.9 Å². The van der Waals surface area contributed by atoms with Crippen molar-refractivity contribution in [1.82, 2.24) is 10.6 Å². The lowest BCUT2D eigenvalue weighted by Gasteiger charge is -2.11. The number of carbonyl (C=O) groups is 2. The predicted octanol–water partition coefficient (Wildman–Crippen LogP) is 5.28. The quantitative estimate of drug-likeness (QED) is 0.442. The Balaban J connectivity index is 0.000000152. The number of nitrogens with one attached hydrogen (secondary N) is 2. The molecule has 0 radical (unpaired) electrons. The van der Waals surface area contributed by atoms with Gasteiger partial charge in [-0.1, -0.05) is 49.2 Å². The highest BCUT2D eigenvalue weighted by Crippen LogP contribution is 2.26. The molecule has 3 aliphatic heterocycles. The average molecular weight is 537 g/mol. The summed E-state index contributed by atoms with van der Waals surface area (Å²) in [5, 5.41) is 12.3. The zero-order valence-corrected chi connectivity index (χ0v) is 22.3. The second kappa shape index (κ2) is 14.5. The van der Waals surface area contributed by atoms with Gasteiger partial charge in [0.15, 0.2) is 0 Å². The number of rotatable bonds is 0. The number of hydrogen-bond donors (Lipinski definition) is 2. The van der Waals surface area contributed by atoms with Crippen LogP contribution in [0.5, 0.6) is 0 Å². The van der Waals surface area contributed by atoms with Gasteiger partial charge >= 0.3 is 11.9 Å². The molecule has 0 saturated carbocycles. The summed E-state index contributed by atoms with van der Waals surface area (Å²) in [6, 6.07) is 12.5. The summed E-state index contributed by atoms with van der Waals surface area (Å²) in [6.07, 6.45) is 3.07. The Hall–Kier alpha value is -2.16. The average Bonchev–Trinajstić information content (AvgIpc) is 3.14. The lowest BCUT2D eigenvalue weighted by Crippen LogP contribution is -2.18. The van der Waals surface area contributed by atoms with Gasteiger partial charge < -0.3 is 10.6 Å². The fourth-order valence-corrected chi connectivity index (χ4v) is 4.72. The molecule has 2 atom stereocenters. The molecular weight excluding hydrogens is 503 g/mol. The Morgan fingerprint density at radius 1 is 0.722 bits per heavy atom. The maximum absolute atomic E-state index is 10.4. The van der Waals surface area contributed by atoms with Crippen molar-refractivity contribution in [2.24, 2.45) is 0 Å². The van der Waals surface area contributed by atoms with Gasteiger partial charge in [-0.3, -0.25) is 9.78 Å². The molecule has 0 bridgehead atoms. The van der Waals surface area contributed by atoms with Crippen molar-refractivity contribution in [3.63, 3.8) is 0 Å². The molecule has 0 aliphatic carbocycles. The van der Waals surface area contributed by atoms with Crippen LogP contribution in [-0.2, 0) is 37.2 Å². The Kier molecular flexibility index (Phi) is 11.5. The van der Waals surface area contributed by atoms with Crippen molar-refractivity contribution in [2.75, 3.05) is 26.2 Å². The first-order chi connectivity index (χ1) is 17.3. The zero-order valence-electron chi connectivity index (χ0n) is 20.8. The fraction of sp³-hybridized carbons (Fsp3) is 0.481. The Bertz CT molecular complexity index is 940. The summed E-state index contributed by atoms with van der Waals surface area (Å²) >= 11 is 11.9. The second-order valence-electron chi connectivity index (χ2n) is 9.23. The van der Waals surface area contributed by atoms with Crippen LogP contribution in [0.1, 0.15) is 67.2 Å². The lowest BCUT2D eigenvalue weighted by atomic mass is 9.96. The van der Waals surface area contributed by atoms with Crippen molar-refractivity contribution in [1.29, 1.82) is 0 Å². The number of benzene rings is 2. The molecule has 3 aliphatic rings. The van der Waals surface area contributed by atoms with Gasteiger partial charge in [-0.25, -0.2) is 9.59 Å². The van der Waals surface area contributed by atoms with E-state index in [0.29, 0.717) is 18.3 Å². The van der Waals surface area contributed by atoms with Crippen LogP contribution in [0.2, 0.25) is 10.0 Å². The van der Waals surface area contributed by atoms with Gasteiger partial charge in [-0.2, -0.15) is 0 Å². The normalized spacial score (nSPS) is 21.7. The number of fused-ring (bicyclic) bond motifs is 2. The van der Waals surface area contributed by atoms with E-state index in [9.17, 15) is 9.59 Å². The number of carbonyl (C=O) groups excluding carboxylic acids is 2. The zero-order chi connectivity index (χ0) is 25.9. The molecule has 0 unspecified atom stereocenters. The predicted molar refractivity (Wildman–Crippen MR) is 140 cm³/mol. The molecule has 36 heavy (non-hydrogen) atoms. The van der Waals surface area contributed by atoms with Gasteiger partial charge in [-0.15, -0.1) is 0 Å². The Labute approximate surface area is 222 Å². The maximum atomic E-state index is 10.4. The summed E-state index contributed by atoms with van der Waals surface area (Å²) in [5.41, 5.74) is 5.72. The Morgan fingerprint density at radius 2 is 1.17 bits per heavy atom. The molecule has 5 rings (SSSR count). The van der Waals surface area contributed by atoms with E-state index in [1.54, 1.807) is 0 Å². The van der Waals surface area contributed by atoms with Gasteiger partial charge in [0.2, 0.25) is 0 Å². The molecule has 2 aromatic rings. The molecule has 2 N–H and O–H groups in total. The van der Waals surface area contributed by atoms with Crippen molar-refractivity contribution in [3.8, 4) is 0 Å². The molecule has 1 saturated heterocycles. The van der Waals surface area contributed by atoms with Crippen LogP contribution in [0.25, 0.3) is 0 Å². The highest BCUT2D eigenvalue weighted by atomic mass is 35.5. The van der Waals surface area contributed by atoms with E-state index in [1.165, 1.54) is 22.3 Å². The summed E-state index contributed by atoms with van der Waals surface area (Å²) in [7, 11) is 0. The van der Waals surface area contributed by atoms with Crippen LogP contribution >= 0.6 is 23.2 Å². The minimum atomic E-state index is -0.521. The molecule has 0 aromatic heterocycles. The largest absolute Gasteiger partial charge is 0.346 e. The van der Waals surface area contributed by atoms with Crippen molar-refractivity contribution in [2.45, 2.75) is 57.8 Å². The van der Waals surface area contributed by atoms with E-state index in [-0.39, 0.29) is 12.8 Å². The fourth-order valence-electron chi connectivity index (χ4n) is 4.36. The third-order valence-electron chi connectivity index (χ3n) is 6.34.